The third kappa shape index (κ3) is 35.2. The average molecular weight is 1960 g/mol. The summed E-state index contributed by atoms with van der Waals surface area (Å²) in [5.41, 5.74) is 38.2. The molecule has 10 N–H and O–H groups in total. The zero-order valence-corrected chi connectivity index (χ0v) is 77.2. The third-order valence-corrected chi connectivity index (χ3v) is 27.3. The number of anilines is 5. The van der Waals surface area contributed by atoms with E-state index < -0.39 is 16.6 Å². The Morgan fingerprint density at radius 1 is 0.396 bits per heavy atom. The van der Waals surface area contributed by atoms with Crippen LogP contribution in [0.3, 0.4) is 0 Å². The molecule has 12 rings (SSSR count). The molecule has 0 fully saturated rings. The second kappa shape index (κ2) is 47.6. The van der Waals surface area contributed by atoms with Crippen LogP contribution >= 0.6 is 109 Å². The van der Waals surface area contributed by atoms with Gasteiger partial charge in [-0.25, -0.2) is 44.9 Å². The van der Waals surface area contributed by atoms with Crippen molar-refractivity contribution in [3.8, 4) is 22.8 Å². The molecule has 27 heteroatoms. The van der Waals surface area contributed by atoms with Crippen LogP contribution in [0.4, 0.5) is 29.1 Å². The van der Waals surface area contributed by atoms with Crippen LogP contribution < -0.4 is 37.5 Å². The number of nitrogen functional groups attached to an aromatic ring is 5. The van der Waals surface area contributed by atoms with Gasteiger partial charge in [0.15, 0.2) is 5.82 Å². The molecule has 7 aromatic carbocycles. The molecular formula is C79H90Br7N15O2Si2Zn. The molecule has 0 radical (unpaired) electrons. The number of alkyl halides is 1. The quantitative estimate of drug-likeness (QED) is 0.0432. The first-order chi connectivity index (χ1) is 50.3. The van der Waals surface area contributed by atoms with E-state index in [2.05, 4.69) is 253 Å². The number of hydrogen-bond acceptors (Lipinski definition) is 17. The summed E-state index contributed by atoms with van der Waals surface area (Å²) in [6, 6.07) is 66.6. The summed E-state index contributed by atoms with van der Waals surface area (Å²) < 4.78 is 16.2. The van der Waals surface area contributed by atoms with E-state index in [-0.39, 0.29) is 10.1 Å². The van der Waals surface area contributed by atoms with E-state index in [0.717, 1.165) is 55.2 Å². The molecule has 106 heavy (non-hydrogen) atoms. The molecular weight excluding hydrogens is 1870 g/mol. The predicted octanol–water partition coefficient (Wildman–Crippen LogP) is 22.3. The van der Waals surface area contributed by atoms with E-state index in [1.807, 2.05) is 176 Å². The minimum absolute atomic E-state index is 0.167. The topological polar surface area (TPSA) is 277 Å². The van der Waals surface area contributed by atoms with E-state index in [4.69, 9.17) is 42.5 Å². The molecule has 0 bridgehead atoms. The van der Waals surface area contributed by atoms with Crippen molar-refractivity contribution in [2.24, 2.45) is 0 Å². The van der Waals surface area contributed by atoms with Crippen molar-refractivity contribution >= 4 is 155 Å². The van der Waals surface area contributed by atoms with E-state index in [0.29, 0.717) is 66.8 Å². The Morgan fingerprint density at radius 3 is 1.04 bits per heavy atom. The molecule has 0 aliphatic rings. The second-order valence-electron chi connectivity index (χ2n) is 25.9. The maximum atomic E-state index is 6.36. The van der Waals surface area contributed by atoms with Gasteiger partial charge in [-0.2, -0.15) is 24.6 Å². The Kier molecular flexibility index (Phi) is 41.0. The summed E-state index contributed by atoms with van der Waals surface area (Å²) in [5, 5.41) is 1.37. The zero-order valence-electron chi connectivity index (χ0n) is 61.2. The number of nitrogens with two attached hydrogens (primary N) is 5. The second-order valence-corrected chi connectivity index (χ2v) is 40.0. The van der Waals surface area contributed by atoms with Crippen LogP contribution in [-0.2, 0) is 40.9 Å². The molecule has 0 aliphatic heterocycles. The van der Waals surface area contributed by atoms with Crippen molar-refractivity contribution in [1.82, 2.24) is 49.8 Å². The standard InChI is InChI=1S/C23H29N3OSi.C12H19BrOSi.2C11H10BrN3.C7H7Br.C7H7.C4H3Br2N3.C4H5N3.BrH.Zn/c1-23(2,3)28(4,5)27-19-13-11-18(12-14-19)21-16-25-22(24)20(26-21)15-17-9-7-6-8-10-17;1-12(2,3)15(4,5)14-11-8-6-10(13)7-9-11;2*12-10-7-14-11(13)9(15-10)6-8-4-2-1-3-5-8;8-6-7-4-2-1-3-5-7;1-7-5-3-2-4-6-7;5-2-1-8-4(7)3(6)9-2;5-4-3-6-1-2-7-4;;/h6-14,16H,15H2,1-5H3,(H2,24,25);6-9H,1-5H3;2*1-5,7H,6H2,(H2,13,14);1-5H,6H2;2-6H,1H2;1H,(H2,7,8);1-3H,(H2,5,7);1H;/q;;;;;-1;;;;+2/p-1. The van der Waals surface area contributed by atoms with Crippen LogP contribution in [-0.4, -0.2) is 66.5 Å². The summed E-state index contributed by atoms with van der Waals surface area (Å²) in [4.78, 5) is 40.9. The Bertz CT molecular complexity index is 4320. The van der Waals surface area contributed by atoms with E-state index in [1.165, 1.54) is 44.8 Å². The van der Waals surface area contributed by atoms with Gasteiger partial charge in [-0.15, -0.1) is 12.1 Å². The molecule has 0 aliphatic carbocycles. The normalized spacial score (nSPS) is 10.6. The summed E-state index contributed by atoms with van der Waals surface area (Å²) in [6.07, 6.45) is 13.2. The number of aromatic nitrogens is 10. The van der Waals surface area contributed by atoms with Gasteiger partial charge >= 0.3 is 30.0 Å². The van der Waals surface area contributed by atoms with Gasteiger partial charge in [0.05, 0.1) is 53.8 Å². The first-order valence-electron chi connectivity index (χ1n) is 33.0. The van der Waals surface area contributed by atoms with Crippen molar-refractivity contribution in [2.45, 2.75) is 102 Å². The summed E-state index contributed by atoms with van der Waals surface area (Å²) in [5.74, 6) is 4.20. The average Bonchev–Trinajstić information content (AvgIpc) is 0.820. The first kappa shape index (κ1) is 91.2. The SMILES string of the molecule is BrCc1ccccc1.CC(C)(C)[Si](C)(C)Oc1ccc(-c2cnc(N)c(Cc3ccccc3)n2)cc1.CC(C)(C)[Si](C)(C)Oc1ccc(Br)cc1.Nc1cnccn1.Nc1ncc(Br)nc1Br.Nc1ncc(Br)nc1Cc1ccccc1.Nc1ncc(Br)nc1Cc1ccccc1.[CH2-]c1ccccc1.[Zn+][Br]. The number of nitrogens with zero attached hydrogens (tertiary/aromatic N) is 10. The molecule has 17 nitrogen and oxygen atoms in total. The van der Waals surface area contributed by atoms with Gasteiger partial charge < -0.3 is 37.5 Å². The Labute approximate surface area is 695 Å². The first-order valence-corrected chi connectivity index (χ1v) is 50.9. The Morgan fingerprint density at radius 2 is 0.736 bits per heavy atom. The third-order valence-electron chi connectivity index (χ3n) is 15.7. The van der Waals surface area contributed by atoms with E-state index >= 15 is 0 Å². The molecule has 0 atom stereocenters. The van der Waals surface area contributed by atoms with Crippen LogP contribution in [0.1, 0.15) is 86.4 Å². The van der Waals surface area contributed by atoms with Crippen molar-refractivity contribution in [3.05, 3.63) is 318 Å². The number of halogens is 7. The zero-order chi connectivity index (χ0) is 78.3. The van der Waals surface area contributed by atoms with Gasteiger partial charge in [0, 0.05) is 47.0 Å². The summed E-state index contributed by atoms with van der Waals surface area (Å²) in [6.45, 7) is 26.2. The van der Waals surface area contributed by atoms with Gasteiger partial charge in [0.25, 0.3) is 0 Å². The van der Waals surface area contributed by atoms with Crippen LogP contribution in [0.15, 0.2) is 266 Å². The number of benzene rings is 7. The van der Waals surface area contributed by atoms with Crippen molar-refractivity contribution in [1.29, 1.82) is 0 Å². The van der Waals surface area contributed by atoms with Crippen LogP contribution in [0, 0.1) is 6.92 Å². The van der Waals surface area contributed by atoms with Gasteiger partial charge in [-0.3, -0.25) is 4.98 Å². The fourth-order valence-corrected chi connectivity index (χ4v) is 12.1. The maximum absolute atomic E-state index is 6.36. The molecule has 0 spiro atoms. The van der Waals surface area contributed by atoms with Gasteiger partial charge in [0.1, 0.15) is 53.2 Å². The van der Waals surface area contributed by atoms with Crippen LogP contribution in [0.5, 0.6) is 11.5 Å². The Balaban J connectivity index is 0.000000267. The molecule has 0 saturated heterocycles. The fraction of sp³-hybridized carbons (Fsp3) is 0.203. The van der Waals surface area contributed by atoms with Crippen molar-refractivity contribution in [3.63, 3.8) is 0 Å². The fourth-order valence-electron chi connectivity index (χ4n) is 7.96. The molecule has 552 valence electrons. The number of rotatable bonds is 12. The van der Waals surface area contributed by atoms with E-state index in [9.17, 15) is 0 Å². The molecule has 0 saturated carbocycles. The molecule has 5 aromatic heterocycles. The monoisotopic (exact) mass is 1950 g/mol. The van der Waals surface area contributed by atoms with E-state index in [1.54, 1.807) is 37.2 Å². The van der Waals surface area contributed by atoms with Crippen LogP contribution in [0.2, 0.25) is 36.3 Å². The van der Waals surface area contributed by atoms with Gasteiger partial charge in [-0.1, -0.05) is 201 Å². The Hall–Kier alpha value is -7.17. The molecule has 0 amide bonds. The van der Waals surface area contributed by atoms with Crippen molar-refractivity contribution in [2.75, 3.05) is 28.7 Å². The van der Waals surface area contributed by atoms with Crippen LogP contribution in [0.25, 0.3) is 11.3 Å². The van der Waals surface area contributed by atoms with Gasteiger partial charge in [-0.05, 0) is 171 Å². The summed E-state index contributed by atoms with van der Waals surface area (Å²) in [7, 11) is -3.52. The van der Waals surface area contributed by atoms with Crippen molar-refractivity contribution < 1.29 is 25.2 Å². The summed E-state index contributed by atoms with van der Waals surface area (Å²) >= 11 is 23.8. The molecule has 5 heterocycles. The van der Waals surface area contributed by atoms with Gasteiger partial charge in [0.2, 0.25) is 16.6 Å². The number of hydrogen-bond donors (Lipinski definition) is 5. The molecule has 12 aromatic rings. The predicted molar refractivity (Wildman–Crippen MR) is 465 cm³/mol. The minimum atomic E-state index is -1.85. The molecule has 0 unspecified atom stereocenters.